The molecule has 1 aromatic rings. The van der Waals surface area contributed by atoms with Crippen molar-refractivity contribution in [2.24, 2.45) is 0 Å². The summed E-state index contributed by atoms with van der Waals surface area (Å²) in [6.45, 7) is 6.92. The summed E-state index contributed by atoms with van der Waals surface area (Å²) in [6, 6.07) is 5.14. The van der Waals surface area contributed by atoms with Crippen LogP contribution in [-0.4, -0.2) is 44.6 Å². The van der Waals surface area contributed by atoms with Crippen molar-refractivity contribution in [3.63, 3.8) is 0 Å². The Labute approximate surface area is 142 Å². The molecule has 128 valence electrons. The number of hydrogen-bond acceptors (Lipinski definition) is 3. The highest BCUT2D eigenvalue weighted by molar-refractivity contribution is 6.32. The van der Waals surface area contributed by atoms with Crippen LogP contribution in [0.15, 0.2) is 18.2 Å². The van der Waals surface area contributed by atoms with Gasteiger partial charge in [0.15, 0.2) is 13.1 Å². The number of anilines is 1. The summed E-state index contributed by atoms with van der Waals surface area (Å²) < 4.78 is 5.07. The van der Waals surface area contributed by atoms with Gasteiger partial charge in [-0.15, -0.1) is 0 Å². The van der Waals surface area contributed by atoms with Crippen LogP contribution in [0, 0.1) is 0 Å². The average molecular weight is 343 g/mol. The van der Waals surface area contributed by atoms with Gasteiger partial charge in [-0.25, -0.2) is 0 Å². The predicted octanol–water partition coefficient (Wildman–Crippen LogP) is 0.717. The number of benzene rings is 1. The van der Waals surface area contributed by atoms with E-state index >= 15 is 0 Å². The summed E-state index contributed by atoms with van der Waals surface area (Å²) in [7, 11) is 1.53. The molecule has 0 heterocycles. The first-order valence-corrected chi connectivity index (χ1v) is 7.99. The lowest BCUT2D eigenvalue weighted by Crippen LogP contribution is -3.14. The second kappa shape index (κ2) is 9.37. The fourth-order valence-electron chi connectivity index (χ4n) is 2.09. The fraction of sp³-hybridized carbons (Fsp3) is 0.500. The van der Waals surface area contributed by atoms with Crippen molar-refractivity contribution >= 4 is 29.1 Å². The number of carbonyl (C=O) groups excluding carboxylic acids is 2. The van der Waals surface area contributed by atoms with E-state index in [-0.39, 0.29) is 30.9 Å². The van der Waals surface area contributed by atoms with E-state index in [1.54, 1.807) is 18.2 Å². The number of likely N-dealkylation sites (N-methyl/N-ethyl adjacent to an activating group) is 1. The molecule has 7 heteroatoms. The third-order valence-electron chi connectivity index (χ3n) is 3.21. The number of quaternary nitrogens is 1. The zero-order chi connectivity index (χ0) is 17.4. The molecule has 1 rings (SSSR count). The quantitative estimate of drug-likeness (QED) is 0.652. The van der Waals surface area contributed by atoms with E-state index in [0.29, 0.717) is 23.0 Å². The van der Waals surface area contributed by atoms with Gasteiger partial charge >= 0.3 is 0 Å². The Bertz CT molecular complexity index is 549. The average Bonchev–Trinajstić information content (AvgIpc) is 2.45. The van der Waals surface area contributed by atoms with Crippen molar-refractivity contribution in [2.75, 3.05) is 32.1 Å². The van der Waals surface area contributed by atoms with Gasteiger partial charge < -0.3 is 20.3 Å². The molecule has 0 bridgehead atoms. The largest absolute Gasteiger partial charge is 0.495 e. The second-order valence-electron chi connectivity index (χ2n) is 5.58. The van der Waals surface area contributed by atoms with Crippen LogP contribution < -0.4 is 20.3 Å². The molecule has 0 spiro atoms. The molecule has 1 aromatic carbocycles. The van der Waals surface area contributed by atoms with Gasteiger partial charge in [-0.2, -0.15) is 0 Å². The zero-order valence-electron chi connectivity index (χ0n) is 14.0. The summed E-state index contributed by atoms with van der Waals surface area (Å²) in [6.07, 6.45) is 0. The minimum atomic E-state index is -0.166. The molecular formula is C16H25ClN3O3+. The van der Waals surface area contributed by atoms with Crippen molar-refractivity contribution in [3.05, 3.63) is 23.2 Å². The Morgan fingerprint density at radius 2 is 1.91 bits per heavy atom. The number of halogens is 1. The summed E-state index contributed by atoms with van der Waals surface area (Å²) in [5, 5.41) is 6.04. The Kier molecular flexibility index (Phi) is 7.85. The number of carbonyl (C=O) groups is 2. The van der Waals surface area contributed by atoms with Gasteiger partial charge in [-0.05, 0) is 39.0 Å². The molecule has 0 aliphatic rings. The van der Waals surface area contributed by atoms with E-state index in [1.165, 1.54) is 7.11 Å². The van der Waals surface area contributed by atoms with Gasteiger partial charge in [-0.1, -0.05) is 11.6 Å². The van der Waals surface area contributed by atoms with Crippen LogP contribution in [-0.2, 0) is 9.59 Å². The Morgan fingerprint density at radius 1 is 1.26 bits per heavy atom. The van der Waals surface area contributed by atoms with Crippen molar-refractivity contribution < 1.29 is 19.2 Å². The minimum absolute atomic E-state index is 0.0582. The van der Waals surface area contributed by atoms with E-state index < -0.39 is 0 Å². The molecule has 1 atom stereocenters. The van der Waals surface area contributed by atoms with Gasteiger partial charge in [0.2, 0.25) is 0 Å². The van der Waals surface area contributed by atoms with E-state index in [4.69, 9.17) is 16.3 Å². The molecule has 0 fully saturated rings. The number of hydrogen-bond donors (Lipinski definition) is 3. The molecular weight excluding hydrogens is 318 g/mol. The molecule has 3 N–H and O–H groups in total. The van der Waals surface area contributed by atoms with Gasteiger partial charge in [-0.3, -0.25) is 9.59 Å². The van der Waals surface area contributed by atoms with Crippen LogP contribution in [0.25, 0.3) is 0 Å². The van der Waals surface area contributed by atoms with Gasteiger partial charge in [0, 0.05) is 11.7 Å². The molecule has 6 nitrogen and oxygen atoms in total. The topological polar surface area (TPSA) is 71.9 Å². The number of amides is 2. The predicted molar refractivity (Wildman–Crippen MR) is 91.2 cm³/mol. The van der Waals surface area contributed by atoms with Crippen LogP contribution in [0.2, 0.25) is 5.02 Å². The van der Waals surface area contributed by atoms with Crippen LogP contribution >= 0.6 is 11.6 Å². The van der Waals surface area contributed by atoms with E-state index in [0.717, 1.165) is 4.90 Å². The zero-order valence-corrected chi connectivity index (χ0v) is 14.8. The first kappa shape index (κ1) is 19.3. The number of rotatable bonds is 8. The molecule has 0 saturated heterocycles. The molecule has 0 aliphatic heterocycles. The standard InChI is InChI=1S/C16H24ClN3O3/c1-5-20(9-15(21)18-11(2)3)10-16(22)19-12-6-7-14(23-4)13(17)8-12/h6-8,11H,5,9-10H2,1-4H3,(H,18,21)(H,19,22)/p+1. The number of nitrogens with one attached hydrogen (secondary N) is 3. The van der Waals surface area contributed by atoms with Gasteiger partial charge in [0.1, 0.15) is 5.75 Å². The summed E-state index contributed by atoms with van der Waals surface area (Å²) in [5.41, 5.74) is 0.600. The molecule has 0 saturated carbocycles. The Morgan fingerprint density at radius 3 is 2.43 bits per heavy atom. The Hall–Kier alpha value is -1.79. The van der Waals surface area contributed by atoms with Crippen molar-refractivity contribution in [2.45, 2.75) is 26.8 Å². The summed E-state index contributed by atoms with van der Waals surface area (Å²) in [4.78, 5) is 24.8. The third-order valence-corrected chi connectivity index (χ3v) is 3.50. The molecule has 1 unspecified atom stereocenters. The van der Waals surface area contributed by atoms with E-state index in [2.05, 4.69) is 10.6 Å². The van der Waals surface area contributed by atoms with Crippen LogP contribution in [0.1, 0.15) is 20.8 Å². The van der Waals surface area contributed by atoms with Crippen molar-refractivity contribution in [3.8, 4) is 5.75 Å². The normalized spacial score (nSPS) is 11.9. The highest BCUT2D eigenvalue weighted by Gasteiger charge is 2.17. The van der Waals surface area contributed by atoms with E-state index in [1.807, 2.05) is 20.8 Å². The van der Waals surface area contributed by atoms with E-state index in [9.17, 15) is 9.59 Å². The molecule has 0 aliphatic carbocycles. The Balaban J connectivity index is 2.56. The first-order valence-electron chi connectivity index (χ1n) is 7.62. The van der Waals surface area contributed by atoms with Crippen LogP contribution in [0.3, 0.4) is 0 Å². The SMILES string of the molecule is CC[NH+](CC(=O)Nc1ccc(OC)c(Cl)c1)CC(=O)NC(C)C. The lowest BCUT2D eigenvalue weighted by molar-refractivity contribution is -0.881. The summed E-state index contributed by atoms with van der Waals surface area (Å²) in [5.74, 6) is 0.327. The highest BCUT2D eigenvalue weighted by atomic mass is 35.5. The van der Waals surface area contributed by atoms with Crippen LogP contribution in [0.5, 0.6) is 5.75 Å². The monoisotopic (exact) mass is 342 g/mol. The summed E-state index contributed by atoms with van der Waals surface area (Å²) >= 11 is 6.03. The maximum absolute atomic E-state index is 12.1. The smallest absolute Gasteiger partial charge is 0.279 e. The number of ether oxygens (including phenoxy) is 1. The lowest BCUT2D eigenvalue weighted by Gasteiger charge is -2.18. The minimum Gasteiger partial charge on any atom is -0.495 e. The third kappa shape index (κ3) is 6.88. The molecule has 0 radical (unpaired) electrons. The molecule has 2 amide bonds. The van der Waals surface area contributed by atoms with Crippen LogP contribution in [0.4, 0.5) is 5.69 Å². The first-order chi connectivity index (χ1) is 10.8. The second-order valence-corrected chi connectivity index (χ2v) is 5.98. The van der Waals surface area contributed by atoms with Crippen molar-refractivity contribution in [1.82, 2.24) is 5.32 Å². The molecule has 0 aromatic heterocycles. The number of methoxy groups -OCH3 is 1. The maximum atomic E-state index is 12.1. The lowest BCUT2D eigenvalue weighted by atomic mass is 10.3. The fourth-order valence-corrected chi connectivity index (χ4v) is 2.35. The van der Waals surface area contributed by atoms with Crippen molar-refractivity contribution in [1.29, 1.82) is 0 Å². The maximum Gasteiger partial charge on any atom is 0.279 e. The molecule has 23 heavy (non-hydrogen) atoms. The highest BCUT2D eigenvalue weighted by Crippen LogP contribution is 2.26. The van der Waals surface area contributed by atoms with Gasteiger partial charge in [0.05, 0.1) is 18.7 Å². The van der Waals surface area contributed by atoms with Gasteiger partial charge in [0.25, 0.3) is 11.8 Å².